The molecule has 0 radical (unpaired) electrons. The third-order valence-corrected chi connectivity index (χ3v) is 2.33. The highest BCUT2D eigenvalue weighted by atomic mass is 16.6. The van der Waals surface area contributed by atoms with Crippen molar-refractivity contribution in [3.8, 4) is 5.95 Å². The molecule has 76 valence electrons. The van der Waals surface area contributed by atoms with E-state index in [0.717, 1.165) is 12.8 Å². The first-order chi connectivity index (χ1) is 6.72. The maximum absolute atomic E-state index is 10.9. The molecule has 1 atom stereocenters. The second-order valence-electron chi connectivity index (χ2n) is 3.37. The fraction of sp³-hybridized carbons (Fsp3) is 0.556. The Balaban J connectivity index is 2.21. The summed E-state index contributed by atoms with van der Waals surface area (Å²) in [7, 11) is 1.46. The normalized spacial score (nSPS) is 17.8. The van der Waals surface area contributed by atoms with E-state index in [9.17, 15) is 4.79 Å². The fourth-order valence-corrected chi connectivity index (χ4v) is 1.45. The van der Waals surface area contributed by atoms with Gasteiger partial charge in [0, 0.05) is 0 Å². The minimum atomic E-state index is -0.878. The second-order valence-corrected chi connectivity index (χ2v) is 3.37. The van der Waals surface area contributed by atoms with Gasteiger partial charge in [0.1, 0.15) is 12.1 Å². The zero-order valence-electron chi connectivity index (χ0n) is 7.77. The standard InChI is InChI=1S/C9H11NO4/c1-13-6-4-10-8(14-6)7(9(11)12)5-2-3-5/h4-5,7H,2-3H2,1H3,(H,11,12). The molecule has 1 fully saturated rings. The van der Waals surface area contributed by atoms with Crippen molar-refractivity contribution in [1.29, 1.82) is 0 Å². The fourth-order valence-electron chi connectivity index (χ4n) is 1.45. The SMILES string of the molecule is COc1cnc(C(C(=O)O)C2CC2)o1. The van der Waals surface area contributed by atoms with Gasteiger partial charge in [0.2, 0.25) is 5.89 Å². The molecule has 5 heteroatoms. The molecule has 0 spiro atoms. The van der Waals surface area contributed by atoms with Crippen LogP contribution in [0.2, 0.25) is 0 Å². The lowest BCUT2D eigenvalue weighted by Gasteiger charge is -2.04. The number of oxazole rings is 1. The van der Waals surface area contributed by atoms with Crippen LogP contribution >= 0.6 is 0 Å². The molecule has 14 heavy (non-hydrogen) atoms. The second kappa shape index (κ2) is 3.32. The number of carboxylic acid groups (broad SMARTS) is 1. The summed E-state index contributed by atoms with van der Waals surface area (Å²) in [6.07, 6.45) is 3.26. The Labute approximate surface area is 80.7 Å². The van der Waals surface area contributed by atoms with Crippen molar-refractivity contribution in [2.75, 3.05) is 7.11 Å². The van der Waals surface area contributed by atoms with Crippen LogP contribution in [0.5, 0.6) is 5.95 Å². The zero-order valence-corrected chi connectivity index (χ0v) is 7.77. The smallest absolute Gasteiger partial charge is 0.316 e. The molecule has 0 bridgehead atoms. The van der Waals surface area contributed by atoms with Crippen LogP contribution in [0.25, 0.3) is 0 Å². The molecule has 5 nitrogen and oxygen atoms in total. The summed E-state index contributed by atoms with van der Waals surface area (Å²) in [4.78, 5) is 14.8. The summed E-state index contributed by atoms with van der Waals surface area (Å²) in [5, 5.41) is 8.98. The van der Waals surface area contributed by atoms with Gasteiger partial charge in [-0.25, -0.2) is 4.98 Å². The van der Waals surface area contributed by atoms with E-state index >= 15 is 0 Å². The monoisotopic (exact) mass is 197 g/mol. The third kappa shape index (κ3) is 1.57. The average molecular weight is 197 g/mol. The summed E-state index contributed by atoms with van der Waals surface area (Å²) in [6, 6.07) is 0. The summed E-state index contributed by atoms with van der Waals surface area (Å²) < 4.78 is 9.95. The van der Waals surface area contributed by atoms with Crippen molar-refractivity contribution in [1.82, 2.24) is 4.98 Å². The van der Waals surface area contributed by atoms with Crippen LogP contribution in [0.4, 0.5) is 0 Å². The molecular weight excluding hydrogens is 186 g/mol. The predicted octanol–water partition coefficient (Wildman–Crippen LogP) is 1.26. The Hall–Kier alpha value is -1.52. The Morgan fingerprint density at radius 1 is 1.79 bits per heavy atom. The molecule has 1 saturated carbocycles. The quantitative estimate of drug-likeness (QED) is 0.786. The van der Waals surface area contributed by atoms with Crippen molar-refractivity contribution in [3.05, 3.63) is 12.1 Å². The Bertz CT molecular complexity index is 342. The van der Waals surface area contributed by atoms with E-state index in [2.05, 4.69) is 4.98 Å². The molecule has 1 aliphatic rings. The Morgan fingerprint density at radius 2 is 2.50 bits per heavy atom. The maximum atomic E-state index is 10.9. The molecule has 1 aromatic heterocycles. The highest BCUT2D eigenvalue weighted by molar-refractivity contribution is 5.75. The van der Waals surface area contributed by atoms with Gasteiger partial charge in [-0.05, 0) is 18.8 Å². The summed E-state index contributed by atoms with van der Waals surface area (Å²) in [6.45, 7) is 0. The van der Waals surface area contributed by atoms with Crippen LogP contribution in [-0.4, -0.2) is 23.2 Å². The van der Waals surface area contributed by atoms with Crippen molar-refractivity contribution in [3.63, 3.8) is 0 Å². The number of aromatic nitrogens is 1. The molecular formula is C9H11NO4. The van der Waals surface area contributed by atoms with E-state index in [1.54, 1.807) is 0 Å². The Kier molecular flexibility index (Phi) is 2.15. The number of aliphatic carboxylic acids is 1. The molecule has 0 saturated heterocycles. The number of methoxy groups -OCH3 is 1. The number of rotatable bonds is 4. The number of carboxylic acids is 1. The molecule has 0 amide bonds. The first-order valence-electron chi connectivity index (χ1n) is 4.45. The van der Waals surface area contributed by atoms with Crippen LogP contribution < -0.4 is 4.74 Å². The molecule has 1 heterocycles. The topological polar surface area (TPSA) is 72.6 Å². The van der Waals surface area contributed by atoms with Gasteiger partial charge < -0.3 is 14.3 Å². The van der Waals surface area contributed by atoms with Gasteiger partial charge in [-0.2, -0.15) is 0 Å². The highest BCUT2D eigenvalue weighted by Gasteiger charge is 2.40. The number of hydrogen-bond donors (Lipinski definition) is 1. The first kappa shape index (κ1) is 9.05. The van der Waals surface area contributed by atoms with Gasteiger partial charge in [0.05, 0.1) is 7.11 Å². The van der Waals surface area contributed by atoms with E-state index in [0.29, 0.717) is 0 Å². The summed E-state index contributed by atoms with van der Waals surface area (Å²) in [5.74, 6) is -0.810. The van der Waals surface area contributed by atoms with Gasteiger partial charge in [0.15, 0.2) is 0 Å². The summed E-state index contributed by atoms with van der Waals surface area (Å²) >= 11 is 0. The zero-order chi connectivity index (χ0) is 10.1. The number of nitrogens with zero attached hydrogens (tertiary/aromatic N) is 1. The average Bonchev–Trinajstić information content (AvgIpc) is 2.83. The highest BCUT2D eigenvalue weighted by Crippen LogP contribution is 2.42. The molecule has 0 aromatic carbocycles. The molecule has 2 rings (SSSR count). The van der Waals surface area contributed by atoms with Crippen LogP contribution in [0, 0.1) is 5.92 Å². The number of carbonyl (C=O) groups is 1. The van der Waals surface area contributed by atoms with E-state index < -0.39 is 11.9 Å². The van der Waals surface area contributed by atoms with Crippen molar-refractivity contribution in [2.45, 2.75) is 18.8 Å². The predicted molar refractivity (Wildman–Crippen MR) is 46.2 cm³/mol. The van der Waals surface area contributed by atoms with Crippen molar-refractivity contribution < 1.29 is 19.1 Å². The Morgan fingerprint density at radius 3 is 2.93 bits per heavy atom. The molecule has 1 unspecified atom stereocenters. The van der Waals surface area contributed by atoms with Crippen LogP contribution in [0.1, 0.15) is 24.7 Å². The van der Waals surface area contributed by atoms with Gasteiger partial charge >= 0.3 is 11.9 Å². The van der Waals surface area contributed by atoms with Gasteiger partial charge in [-0.1, -0.05) is 0 Å². The van der Waals surface area contributed by atoms with E-state index in [-0.39, 0.29) is 17.8 Å². The lowest BCUT2D eigenvalue weighted by Crippen LogP contribution is -2.13. The molecule has 1 aromatic rings. The number of hydrogen-bond acceptors (Lipinski definition) is 4. The maximum Gasteiger partial charge on any atom is 0.316 e. The number of ether oxygens (including phenoxy) is 1. The first-order valence-corrected chi connectivity index (χ1v) is 4.45. The molecule has 1 N–H and O–H groups in total. The van der Waals surface area contributed by atoms with E-state index in [1.165, 1.54) is 13.3 Å². The third-order valence-electron chi connectivity index (χ3n) is 2.33. The van der Waals surface area contributed by atoms with Crippen molar-refractivity contribution in [2.24, 2.45) is 5.92 Å². The van der Waals surface area contributed by atoms with E-state index in [1.807, 2.05) is 0 Å². The minimum absolute atomic E-state index is 0.177. The summed E-state index contributed by atoms with van der Waals surface area (Å²) in [5.41, 5.74) is 0. The van der Waals surface area contributed by atoms with Crippen LogP contribution in [0.3, 0.4) is 0 Å². The lowest BCUT2D eigenvalue weighted by molar-refractivity contribution is -0.139. The molecule has 0 aliphatic heterocycles. The minimum Gasteiger partial charge on any atom is -0.481 e. The largest absolute Gasteiger partial charge is 0.481 e. The van der Waals surface area contributed by atoms with Gasteiger partial charge in [-0.3, -0.25) is 4.79 Å². The van der Waals surface area contributed by atoms with Crippen LogP contribution in [-0.2, 0) is 4.79 Å². The molecule has 1 aliphatic carbocycles. The van der Waals surface area contributed by atoms with Crippen molar-refractivity contribution >= 4 is 5.97 Å². The lowest BCUT2D eigenvalue weighted by atomic mass is 10.0. The van der Waals surface area contributed by atoms with E-state index in [4.69, 9.17) is 14.3 Å². The van der Waals surface area contributed by atoms with Gasteiger partial charge in [-0.15, -0.1) is 0 Å². The van der Waals surface area contributed by atoms with Gasteiger partial charge in [0.25, 0.3) is 0 Å². The van der Waals surface area contributed by atoms with Crippen LogP contribution in [0.15, 0.2) is 10.6 Å².